The van der Waals surface area contributed by atoms with Crippen molar-refractivity contribution in [2.75, 3.05) is 19.7 Å². The lowest BCUT2D eigenvalue weighted by Crippen LogP contribution is -2.62. The number of amides is 3. The molecule has 43 heavy (non-hydrogen) atoms. The van der Waals surface area contributed by atoms with E-state index >= 15 is 0 Å². The van der Waals surface area contributed by atoms with Crippen LogP contribution in [-0.4, -0.2) is 87.6 Å². The fourth-order valence-corrected chi connectivity index (χ4v) is 6.90. The Hall–Kier alpha value is -3.50. The highest BCUT2D eigenvalue weighted by Crippen LogP contribution is 2.56. The van der Waals surface area contributed by atoms with E-state index in [-0.39, 0.29) is 43.8 Å². The lowest BCUT2D eigenvalue weighted by molar-refractivity contribution is -0.161. The summed E-state index contributed by atoms with van der Waals surface area (Å²) in [6.07, 6.45) is 6.41. The van der Waals surface area contributed by atoms with Gasteiger partial charge in [-0.15, -0.1) is 0 Å². The summed E-state index contributed by atoms with van der Waals surface area (Å²) >= 11 is 0. The summed E-state index contributed by atoms with van der Waals surface area (Å²) in [5, 5.41) is 13.4. The lowest BCUT2D eigenvalue weighted by Gasteiger charge is -2.43. The number of ether oxygens (including phenoxy) is 2. The van der Waals surface area contributed by atoms with Gasteiger partial charge in [0.05, 0.1) is 31.2 Å². The van der Waals surface area contributed by atoms with E-state index in [2.05, 4.69) is 5.32 Å². The topological polar surface area (TPSA) is 125 Å². The van der Waals surface area contributed by atoms with Crippen molar-refractivity contribution in [3.8, 4) is 0 Å². The van der Waals surface area contributed by atoms with Gasteiger partial charge in [-0.25, -0.2) is 0 Å². The Morgan fingerprint density at radius 2 is 1.79 bits per heavy atom. The van der Waals surface area contributed by atoms with Crippen LogP contribution in [0.15, 0.2) is 54.6 Å². The number of rotatable bonds is 4. The molecule has 4 heterocycles. The van der Waals surface area contributed by atoms with Gasteiger partial charge in [-0.1, -0.05) is 68.5 Å². The van der Waals surface area contributed by atoms with Gasteiger partial charge in [0, 0.05) is 18.5 Å². The molecule has 0 aromatic heterocycles. The fourth-order valence-electron chi connectivity index (χ4n) is 6.90. The molecule has 2 fully saturated rings. The maximum atomic E-state index is 14.7. The molecule has 4 aliphatic rings. The number of hydrogen-bond donors (Lipinski definition) is 2. The molecule has 0 saturated carbocycles. The molecule has 0 radical (unpaired) electrons. The zero-order chi connectivity index (χ0) is 31.1. The molecule has 5 rings (SSSR count). The van der Waals surface area contributed by atoms with Crippen LogP contribution in [0.1, 0.15) is 59.1 Å². The summed E-state index contributed by atoms with van der Waals surface area (Å²) in [5.41, 5.74) is -1.31. The van der Waals surface area contributed by atoms with Gasteiger partial charge in [-0.2, -0.15) is 0 Å². The number of aliphatic hydroxyl groups excluding tert-OH is 1. The van der Waals surface area contributed by atoms with Crippen LogP contribution in [0.25, 0.3) is 0 Å². The standard InChI is InChI=1S/C33H43N3O7/c1-20(2)22(19-37)36-28-30(40)35(32(3,4)5)17-11-7-10-14-25(38)34-18-24(21-12-8-6-9-13-21)42-31(41)26-23-15-16-33(28,43-23)27(26)29(36)39/h6-9,11-13,15-16,20,22-24,26-28,37H,10,14,17-19H2,1-5H3,(H,34,38)/b11-7-/t22-,23-,24-,26+,27+,28-,33+/m0/s1. The van der Waals surface area contributed by atoms with Crippen LogP contribution >= 0.6 is 0 Å². The molecular formula is C33H43N3O7. The SMILES string of the molecule is CC(C)[C@H](CO)N1C(=O)[C@H]2[C@@H]3C(=O)O[C@H](c4ccccc4)CNC(=O)CC/C=C\CN(C(C)(C)C)C(=O)[C@H]1[C@@]21C=C[C@@H]3O1. The third-order valence-electron chi connectivity index (χ3n) is 9.11. The maximum absolute atomic E-state index is 14.7. The zero-order valence-corrected chi connectivity index (χ0v) is 25.6. The number of carbonyl (C=O) groups is 4. The number of cyclic esters (lactones) is 1. The molecule has 4 aliphatic heterocycles. The number of nitrogens with one attached hydrogen (secondary N) is 1. The summed E-state index contributed by atoms with van der Waals surface area (Å²) < 4.78 is 12.6. The number of nitrogens with zero attached hydrogens (tertiary/aromatic N) is 2. The van der Waals surface area contributed by atoms with E-state index in [1.807, 2.05) is 77.1 Å². The van der Waals surface area contributed by atoms with Crippen molar-refractivity contribution in [1.82, 2.24) is 15.1 Å². The second-order valence-electron chi connectivity index (χ2n) is 13.2. The van der Waals surface area contributed by atoms with Crippen molar-refractivity contribution in [2.45, 2.75) is 82.9 Å². The Bertz CT molecular complexity index is 1300. The van der Waals surface area contributed by atoms with Gasteiger partial charge in [0.15, 0.2) is 0 Å². The molecule has 0 unspecified atom stereocenters. The molecule has 3 amide bonds. The summed E-state index contributed by atoms with van der Waals surface area (Å²) in [6, 6.07) is 7.40. The van der Waals surface area contributed by atoms with Gasteiger partial charge in [0.1, 0.15) is 23.7 Å². The quantitative estimate of drug-likeness (QED) is 0.406. The molecular weight excluding hydrogens is 550 g/mol. The molecule has 232 valence electrons. The Morgan fingerprint density at radius 3 is 2.44 bits per heavy atom. The minimum atomic E-state index is -1.39. The molecule has 0 aliphatic carbocycles. The van der Waals surface area contributed by atoms with Crippen LogP contribution in [-0.2, 0) is 28.7 Å². The van der Waals surface area contributed by atoms with Crippen LogP contribution < -0.4 is 5.32 Å². The summed E-state index contributed by atoms with van der Waals surface area (Å²) in [6.45, 7) is 9.52. The van der Waals surface area contributed by atoms with Crippen molar-refractivity contribution >= 4 is 23.7 Å². The molecule has 10 heteroatoms. The average molecular weight is 594 g/mol. The Labute approximate surface area is 253 Å². The number of allylic oxidation sites excluding steroid dienone is 1. The highest BCUT2D eigenvalue weighted by Gasteiger charge is 2.74. The van der Waals surface area contributed by atoms with Crippen LogP contribution in [0.3, 0.4) is 0 Å². The van der Waals surface area contributed by atoms with E-state index < -0.39 is 59.1 Å². The number of hydrogen-bond acceptors (Lipinski definition) is 7. The number of carbonyl (C=O) groups excluding carboxylic acids is 4. The smallest absolute Gasteiger partial charge is 0.313 e. The van der Waals surface area contributed by atoms with Crippen LogP contribution in [0.4, 0.5) is 0 Å². The third kappa shape index (κ3) is 5.51. The summed E-state index contributed by atoms with van der Waals surface area (Å²) in [4.78, 5) is 58.9. The summed E-state index contributed by atoms with van der Waals surface area (Å²) in [5.74, 6) is -3.72. The second kappa shape index (κ2) is 11.9. The van der Waals surface area contributed by atoms with E-state index in [1.54, 1.807) is 17.1 Å². The lowest BCUT2D eigenvalue weighted by atomic mass is 9.74. The molecule has 1 aromatic rings. The minimum Gasteiger partial charge on any atom is -0.455 e. The number of esters is 1. The highest BCUT2D eigenvalue weighted by molar-refractivity contribution is 5.99. The fraction of sp³-hybridized carbons (Fsp3) is 0.576. The number of likely N-dealkylation sites (tertiary alicyclic amines) is 1. The van der Waals surface area contributed by atoms with Gasteiger partial charge >= 0.3 is 5.97 Å². The van der Waals surface area contributed by atoms with E-state index in [9.17, 15) is 24.3 Å². The molecule has 1 aromatic carbocycles. The number of fused-ring (bicyclic) bond motifs is 2. The maximum Gasteiger partial charge on any atom is 0.313 e. The minimum absolute atomic E-state index is 0.0705. The van der Waals surface area contributed by atoms with Gasteiger partial charge < -0.3 is 29.7 Å². The summed E-state index contributed by atoms with van der Waals surface area (Å²) in [7, 11) is 0. The molecule has 2 N–H and O–H groups in total. The van der Waals surface area contributed by atoms with Gasteiger partial charge in [0.2, 0.25) is 17.7 Å². The predicted molar refractivity (Wildman–Crippen MR) is 158 cm³/mol. The Morgan fingerprint density at radius 1 is 1.07 bits per heavy atom. The Balaban J connectivity index is 1.61. The second-order valence-corrected chi connectivity index (χ2v) is 13.2. The normalized spacial score (nSPS) is 33.0. The van der Waals surface area contributed by atoms with E-state index in [0.717, 1.165) is 0 Å². The van der Waals surface area contributed by atoms with Gasteiger partial charge in [-0.3, -0.25) is 19.2 Å². The van der Waals surface area contributed by atoms with E-state index in [1.165, 1.54) is 4.90 Å². The first-order valence-electron chi connectivity index (χ1n) is 15.2. The van der Waals surface area contributed by atoms with Crippen molar-refractivity contribution in [3.05, 3.63) is 60.2 Å². The van der Waals surface area contributed by atoms with Crippen LogP contribution in [0.2, 0.25) is 0 Å². The van der Waals surface area contributed by atoms with Crippen molar-refractivity contribution in [1.29, 1.82) is 0 Å². The van der Waals surface area contributed by atoms with Crippen LogP contribution in [0.5, 0.6) is 0 Å². The van der Waals surface area contributed by atoms with E-state index in [0.29, 0.717) is 12.0 Å². The van der Waals surface area contributed by atoms with Crippen molar-refractivity contribution in [2.24, 2.45) is 17.8 Å². The highest BCUT2D eigenvalue weighted by atomic mass is 16.6. The zero-order valence-electron chi connectivity index (χ0n) is 25.6. The largest absolute Gasteiger partial charge is 0.455 e. The first-order valence-corrected chi connectivity index (χ1v) is 15.2. The number of benzene rings is 1. The van der Waals surface area contributed by atoms with Gasteiger partial charge in [-0.05, 0) is 38.7 Å². The first-order chi connectivity index (χ1) is 20.4. The monoisotopic (exact) mass is 593 g/mol. The van der Waals surface area contributed by atoms with Gasteiger partial charge in [0.25, 0.3) is 0 Å². The van der Waals surface area contributed by atoms with Crippen molar-refractivity contribution < 1.29 is 33.8 Å². The van der Waals surface area contributed by atoms with E-state index in [4.69, 9.17) is 9.47 Å². The molecule has 1 spiro atoms. The molecule has 5 bridgehead atoms. The third-order valence-corrected chi connectivity index (χ3v) is 9.11. The molecule has 10 nitrogen and oxygen atoms in total. The first kappa shape index (κ1) is 30.9. The van der Waals surface area contributed by atoms with Crippen LogP contribution in [0, 0.1) is 17.8 Å². The average Bonchev–Trinajstić information content (AvgIpc) is 3.60. The van der Waals surface area contributed by atoms with Crippen molar-refractivity contribution in [3.63, 3.8) is 0 Å². The predicted octanol–water partition coefficient (Wildman–Crippen LogP) is 2.53. The number of aliphatic hydroxyl groups is 1. The molecule has 2 saturated heterocycles. The molecule has 7 atom stereocenters. The Kier molecular flexibility index (Phi) is 8.55.